The fraction of sp³-hybridized carbons (Fsp3) is 0.0508. The molecule has 0 fully saturated rings. The van der Waals surface area contributed by atoms with Crippen LogP contribution in [0, 0.1) is 22.7 Å². The lowest BCUT2D eigenvalue weighted by Gasteiger charge is -2.47. The van der Waals surface area contributed by atoms with E-state index in [9.17, 15) is 10.5 Å². The van der Waals surface area contributed by atoms with Gasteiger partial charge >= 0.3 is 0 Å². The fourth-order valence-electron chi connectivity index (χ4n) is 9.92. The first kappa shape index (κ1) is 39.0. The van der Waals surface area contributed by atoms with Gasteiger partial charge in [0.15, 0.2) is 5.82 Å². The van der Waals surface area contributed by atoms with E-state index in [1.165, 1.54) is 5.57 Å². The van der Waals surface area contributed by atoms with Crippen molar-refractivity contribution in [1.82, 2.24) is 9.97 Å². The van der Waals surface area contributed by atoms with E-state index in [4.69, 9.17) is 9.97 Å². The summed E-state index contributed by atoms with van der Waals surface area (Å²) < 4.78 is 0. The predicted molar refractivity (Wildman–Crippen MR) is 261 cm³/mol. The summed E-state index contributed by atoms with van der Waals surface area (Å²) in [7, 11) is 0. The van der Waals surface area contributed by atoms with Crippen LogP contribution in [-0.2, 0) is 5.41 Å². The highest BCUT2D eigenvalue weighted by Crippen LogP contribution is 2.59. The molecular formula is C59H40N6. The minimum Gasteiger partial charge on any atom is -0.334 e. The average Bonchev–Trinajstić information content (AvgIpc) is 3.39. The van der Waals surface area contributed by atoms with Crippen LogP contribution in [0.4, 0.5) is 28.4 Å². The van der Waals surface area contributed by atoms with Gasteiger partial charge in [-0.15, -0.1) is 0 Å². The molecular weight excluding hydrogens is 793 g/mol. The number of allylic oxidation sites excluding steroid dienone is 2. The molecule has 306 valence electrons. The lowest BCUT2D eigenvalue weighted by atomic mass is 9.61. The van der Waals surface area contributed by atoms with Crippen LogP contribution in [0.2, 0.25) is 0 Å². The molecule has 1 unspecified atom stereocenters. The Morgan fingerprint density at radius 2 is 1.12 bits per heavy atom. The number of hydrogen-bond acceptors (Lipinski definition) is 6. The lowest BCUT2D eigenvalue weighted by Crippen LogP contribution is -2.39. The van der Waals surface area contributed by atoms with Gasteiger partial charge in [0.25, 0.3) is 0 Å². The van der Waals surface area contributed by atoms with E-state index in [2.05, 4.69) is 180 Å². The van der Waals surface area contributed by atoms with Gasteiger partial charge in [-0.3, -0.25) is 0 Å². The highest BCUT2D eigenvalue weighted by Gasteiger charge is 2.47. The topological polar surface area (TPSA) is 79.8 Å². The zero-order valence-electron chi connectivity index (χ0n) is 35.3. The first-order valence-electron chi connectivity index (χ1n) is 21.8. The number of benzene rings is 8. The third-order valence-corrected chi connectivity index (χ3v) is 12.7. The first-order valence-corrected chi connectivity index (χ1v) is 21.8. The van der Waals surface area contributed by atoms with Crippen molar-refractivity contribution in [2.24, 2.45) is 0 Å². The van der Waals surface area contributed by atoms with E-state index in [0.717, 1.165) is 68.1 Å². The molecule has 6 nitrogen and oxygen atoms in total. The summed E-state index contributed by atoms with van der Waals surface area (Å²) in [6.07, 6.45) is 7.93. The molecule has 0 saturated heterocycles. The average molecular weight is 833 g/mol. The lowest BCUT2D eigenvalue weighted by molar-refractivity contribution is 0.698. The van der Waals surface area contributed by atoms with Crippen molar-refractivity contribution in [3.63, 3.8) is 0 Å². The Morgan fingerprint density at radius 3 is 1.72 bits per heavy atom. The molecule has 0 saturated carbocycles. The van der Waals surface area contributed by atoms with Crippen LogP contribution < -0.4 is 9.80 Å². The Labute approximate surface area is 378 Å². The number of hydrogen-bond donors (Lipinski definition) is 0. The monoisotopic (exact) mass is 832 g/mol. The highest BCUT2D eigenvalue weighted by molar-refractivity contribution is 5.98. The van der Waals surface area contributed by atoms with Crippen molar-refractivity contribution in [2.45, 2.75) is 17.9 Å². The van der Waals surface area contributed by atoms with Crippen LogP contribution in [0.1, 0.15) is 34.2 Å². The standard InChI is InChI=1S/C59H40N6/c60-39-43-20-17-27-50-56(62-58(63-57(43)50)41-18-5-1-6-19-41)42-32-37-53(44(38-42)40-61)65-54-30-15-13-28-51(54)59(45-21-7-2-8-22-45,52-29-14-16-31-55(52)65)46-33-35-49(36-34-46)64(47-23-9-3-10-24-47)48-25-11-4-12-26-48/h1-35,37-38,49H,36H2. The van der Waals surface area contributed by atoms with Gasteiger partial charge in [-0.25, -0.2) is 9.97 Å². The summed E-state index contributed by atoms with van der Waals surface area (Å²) in [5, 5.41) is 22.0. The molecule has 1 atom stereocenters. The Bertz CT molecular complexity index is 3300. The Balaban J connectivity index is 1.07. The number of para-hydroxylation sites is 5. The number of anilines is 5. The van der Waals surface area contributed by atoms with E-state index in [0.29, 0.717) is 28.2 Å². The predicted octanol–water partition coefficient (Wildman–Crippen LogP) is 13.9. The third kappa shape index (κ3) is 6.56. The molecule has 8 aromatic carbocycles. The van der Waals surface area contributed by atoms with E-state index in [-0.39, 0.29) is 6.04 Å². The van der Waals surface area contributed by atoms with Gasteiger partial charge in [0.1, 0.15) is 12.1 Å². The van der Waals surface area contributed by atoms with Crippen LogP contribution in [-0.4, -0.2) is 16.0 Å². The molecule has 0 radical (unpaired) electrons. The zero-order valence-corrected chi connectivity index (χ0v) is 35.3. The molecule has 1 aliphatic heterocycles. The number of nitrogens with zero attached hydrogens (tertiary/aromatic N) is 6. The van der Waals surface area contributed by atoms with Gasteiger partial charge < -0.3 is 9.80 Å². The molecule has 2 heterocycles. The Hall–Kier alpha value is -8.84. The van der Waals surface area contributed by atoms with Crippen LogP contribution in [0.25, 0.3) is 33.5 Å². The van der Waals surface area contributed by atoms with Crippen LogP contribution in [0.15, 0.2) is 230 Å². The quantitative estimate of drug-likeness (QED) is 0.152. The summed E-state index contributed by atoms with van der Waals surface area (Å²) in [6, 6.07) is 75.7. The van der Waals surface area contributed by atoms with E-state index < -0.39 is 5.41 Å². The maximum absolute atomic E-state index is 11.1. The summed E-state index contributed by atoms with van der Waals surface area (Å²) >= 11 is 0. The number of rotatable bonds is 8. The smallest absolute Gasteiger partial charge is 0.160 e. The van der Waals surface area contributed by atoms with Crippen molar-refractivity contribution in [1.29, 1.82) is 10.5 Å². The molecule has 1 aliphatic carbocycles. The van der Waals surface area contributed by atoms with Gasteiger partial charge in [-0.2, -0.15) is 10.5 Å². The van der Waals surface area contributed by atoms with Gasteiger partial charge in [-0.1, -0.05) is 170 Å². The van der Waals surface area contributed by atoms with Crippen molar-refractivity contribution in [3.05, 3.63) is 258 Å². The maximum atomic E-state index is 11.1. The number of nitriles is 2. The molecule has 0 bridgehead atoms. The van der Waals surface area contributed by atoms with Gasteiger partial charge in [0, 0.05) is 27.9 Å². The normalized spacial score (nSPS) is 14.6. The van der Waals surface area contributed by atoms with Gasteiger partial charge in [-0.05, 0) is 83.3 Å². The minimum absolute atomic E-state index is 0.0842. The first-order chi connectivity index (χ1) is 32.2. The molecule has 1 aromatic heterocycles. The number of fused-ring (bicyclic) bond motifs is 3. The highest BCUT2D eigenvalue weighted by atomic mass is 15.2. The van der Waals surface area contributed by atoms with Crippen molar-refractivity contribution in [3.8, 4) is 34.8 Å². The molecule has 0 amide bonds. The summed E-state index contributed by atoms with van der Waals surface area (Å²) in [4.78, 5) is 14.7. The number of aromatic nitrogens is 2. The SMILES string of the molecule is N#Cc1cc(-c2nc(-c3ccccc3)nc3c(C#N)cccc23)ccc1N1c2ccccc2C(C2=CCC(N(c3ccccc3)c3ccccc3)C=C2)(c2ccccc2)c2ccccc21. The Kier molecular flexibility index (Phi) is 9.88. The maximum Gasteiger partial charge on any atom is 0.160 e. The molecule has 9 aromatic rings. The van der Waals surface area contributed by atoms with Crippen molar-refractivity contribution >= 4 is 39.3 Å². The zero-order chi connectivity index (χ0) is 43.7. The van der Waals surface area contributed by atoms with Crippen molar-refractivity contribution in [2.75, 3.05) is 9.80 Å². The van der Waals surface area contributed by atoms with Gasteiger partial charge in [0.05, 0.1) is 50.9 Å². The van der Waals surface area contributed by atoms with E-state index >= 15 is 0 Å². The summed E-state index contributed by atoms with van der Waals surface area (Å²) in [6.45, 7) is 0. The third-order valence-electron chi connectivity index (χ3n) is 12.7. The molecule has 0 N–H and O–H groups in total. The second kappa shape index (κ2) is 16.5. The second-order valence-electron chi connectivity index (χ2n) is 16.3. The molecule has 6 heteroatoms. The van der Waals surface area contributed by atoms with Crippen LogP contribution >= 0.6 is 0 Å². The van der Waals surface area contributed by atoms with E-state index in [1.807, 2.05) is 60.7 Å². The molecule has 0 spiro atoms. The summed E-state index contributed by atoms with van der Waals surface area (Å²) in [5.41, 5.74) is 12.7. The molecule has 2 aliphatic rings. The second-order valence-corrected chi connectivity index (χ2v) is 16.3. The van der Waals surface area contributed by atoms with Crippen molar-refractivity contribution < 1.29 is 0 Å². The molecule has 65 heavy (non-hydrogen) atoms. The largest absolute Gasteiger partial charge is 0.334 e. The Morgan fingerprint density at radius 1 is 0.538 bits per heavy atom. The summed E-state index contributed by atoms with van der Waals surface area (Å²) in [5.74, 6) is 0.514. The van der Waals surface area contributed by atoms with Gasteiger partial charge in [0.2, 0.25) is 0 Å². The minimum atomic E-state index is -0.685. The van der Waals surface area contributed by atoms with Crippen LogP contribution in [0.3, 0.4) is 0 Å². The van der Waals surface area contributed by atoms with Crippen LogP contribution in [0.5, 0.6) is 0 Å². The molecule has 11 rings (SSSR count). The van der Waals surface area contributed by atoms with E-state index in [1.54, 1.807) is 6.07 Å². The fourth-order valence-corrected chi connectivity index (χ4v) is 9.92.